The molecule has 0 aromatic heterocycles. The third-order valence-corrected chi connectivity index (χ3v) is 3.08. The minimum atomic E-state index is -0.525. The van der Waals surface area contributed by atoms with E-state index in [2.05, 4.69) is 22.9 Å². The first kappa shape index (κ1) is 12.7. The average Bonchev–Trinajstić information content (AvgIpc) is 2.22. The van der Waals surface area contributed by atoms with Crippen molar-refractivity contribution >= 4 is 15.9 Å². The standard InChI is InChI=1S/C12H17BrO2/c1-3-6-15-8-12(14)10-4-5-11(13)9(2)7-10/h4-5,7,12,14H,3,6,8H2,1-2H3. The molecule has 0 radical (unpaired) electrons. The Labute approximate surface area is 99.4 Å². The topological polar surface area (TPSA) is 29.5 Å². The second kappa shape index (κ2) is 6.26. The molecule has 0 bridgehead atoms. The highest BCUT2D eigenvalue weighted by Crippen LogP contribution is 2.21. The van der Waals surface area contributed by atoms with Crippen molar-refractivity contribution in [3.63, 3.8) is 0 Å². The van der Waals surface area contributed by atoms with E-state index < -0.39 is 6.10 Å². The molecule has 0 heterocycles. The highest BCUT2D eigenvalue weighted by molar-refractivity contribution is 9.10. The number of benzene rings is 1. The molecule has 0 aliphatic rings. The van der Waals surface area contributed by atoms with E-state index in [1.165, 1.54) is 0 Å². The Kier molecular flexibility index (Phi) is 5.29. The van der Waals surface area contributed by atoms with E-state index in [-0.39, 0.29) is 0 Å². The lowest BCUT2D eigenvalue weighted by molar-refractivity contribution is 0.0363. The Morgan fingerprint density at radius 3 is 2.80 bits per heavy atom. The first-order valence-corrected chi connectivity index (χ1v) is 5.96. The molecule has 1 N–H and O–H groups in total. The number of rotatable bonds is 5. The Bertz CT molecular complexity index is 312. The highest BCUT2D eigenvalue weighted by atomic mass is 79.9. The molecule has 0 saturated heterocycles. The van der Waals surface area contributed by atoms with Crippen molar-refractivity contribution in [3.8, 4) is 0 Å². The van der Waals surface area contributed by atoms with Crippen molar-refractivity contribution in [1.82, 2.24) is 0 Å². The lowest BCUT2D eigenvalue weighted by Gasteiger charge is -2.12. The summed E-state index contributed by atoms with van der Waals surface area (Å²) in [4.78, 5) is 0. The Morgan fingerprint density at radius 2 is 2.20 bits per heavy atom. The van der Waals surface area contributed by atoms with E-state index >= 15 is 0 Å². The van der Waals surface area contributed by atoms with Crippen LogP contribution in [0.4, 0.5) is 0 Å². The molecule has 1 aromatic carbocycles. The summed E-state index contributed by atoms with van der Waals surface area (Å²) in [5.41, 5.74) is 2.04. The number of aliphatic hydroxyl groups is 1. The van der Waals surface area contributed by atoms with Crippen LogP contribution in [-0.4, -0.2) is 18.3 Å². The number of halogens is 1. The molecule has 0 saturated carbocycles. The maximum Gasteiger partial charge on any atom is 0.102 e. The normalized spacial score (nSPS) is 12.8. The van der Waals surface area contributed by atoms with Gasteiger partial charge in [-0.1, -0.05) is 35.0 Å². The zero-order valence-corrected chi connectivity index (χ0v) is 10.8. The zero-order chi connectivity index (χ0) is 11.3. The number of aryl methyl sites for hydroxylation is 1. The number of hydrogen-bond acceptors (Lipinski definition) is 2. The van der Waals surface area contributed by atoms with Crippen molar-refractivity contribution < 1.29 is 9.84 Å². The van der Waals surface area contributed by atoms with Gasteiger partial charge in [-0.15, -0.1) is 0 Å². The summed E-state index contributed by atoms with van der Waals surface area (Å²) in [6.07, 6.45) is 0.454. The van der Waals surface area contributed by atoms with Crippen molar-refractivity contribution in [2.24, 2.45) is 0 Å². The Hall–Kier alpha value is -0.380. The van der Waals surface area contributed by atoms with Crippen molar-refractivity contribution in [1.29, 1.82) is 0 Å². The second-order valence-electron chi connectivity index (χ2n) is 3.60. The van der Waals surface area contributed by atoms with E-state index in [9.17, 15) is 5.11 Å². The van der Waals surface area contributed by atoms with E-state index in [0.29, 0.717) is 13.2 Å². The molecule has 0 aliphatic carbocycles. The van der Waals surface area contributed by atoms with Crippen LogP contribution in [-0.2, 0) is 4.74 Å². The summed E-state index contributed by atoms with van der Waals surface area (Å²) in [7, 11) is 0. The molecule has 1 aromatic rings. The molecule has 0 aliphatic heterocycles. The summed E-state index contributed by atoms with van der Waals surface area (Å²) in [5.74, 6) is 0. The lowest BCUT2D eigenvalue weighted by Crippen LogP contribution is -2.07. The Balaban J connectivity index is 2.57. The molecule has 1 unspecified atom stereocenters. The molecule has 1 rings (SSSR count). The van der Waals surface area contributed by atoms with Crippen LogP contribution in [0.25, 0.3) is 0 Å². The maximum atomic E-state index is 9.82. The molecule has 1 atom stereocenters. The van der Waals surface area contributed by atoms with Gasteiger partial charge in [0.1, 0.15) is 6.10 Å². The SMILES string of the molecule is CCCOCC(O)c1ccc(Br)c(C)c1. The molecule has 84 valence electrons. The quantitative estimate of drug-likeness (QED) is 0.835. The summed E-state index contributed by atoms with van der Waals surface area (Å²) in [6, 6.07) is 5.84. The second-order valence-corrected chi connectivity index (χ2v) is 4.45. The fourth-order valence-corrected chi connectivity index (χ4v) is 1.56. The fourth-order valence-electron chi connectivity index (χ4n) is 1.31. The smallest absolute Gasteiger partial charge is 0.102 e. The number of hydrogen-bond donors (Lipinski definition) is 1. The third-order valence-electron chi connectivity index (χ3n) is 2.19. The van der Waals surface area contributed by atoms with Crippen LogP contribution >= 0.6 is 15.9 Å². The first-order valence-electron chi connectivity index (χ1n) is 5.17. The molecule has 0 spiro atoms. The molecular formula is C12H17BrO2. The number of ether oxygens (including phenoxy) is 1. The summed E-state index contributed by atoms with van der Waals surface area (Å²) >= 11 is 3.43. The van der Waals surface area contributed by atoms with Crippen LogP contribution in [0.5, 0.6) is 0 Å². The predicted octanol–water partition coefficient (Wildman–Crippen LogP) is 3.22. The fraction of sp³-hybridized carbons (Fsp3) is 0.500. The van der Waals surface area contributed by atoms with Crippen molar-refractivity contribution in [2.45, 2.75) is 26.4 Å². The Morgan fingerprint density at radius 1 is 1.47 bits per heavy atom. The van der Waals surface area contributed by atoms with Crippen LogP contribution in [0.1, 0.15) is 30.6 Å². The van der Waals surface area contributed by atoms with Gasteiger partial charge < -0.3 is 9.84 Å². The first-order chi connectivity index (χ1) is 7.15. The average molecular weight is 273 g/mol. The largest absolute Gasteiger partial charge is 0.386 e. The van der Waals surface area contributed by atoms with Crippen molar-refractivity contribution in [2.75, 3.05) is 13.2 Å². The van der Waals surface area contributed by atoms with Gasteiger partial charge in [0.25, 0.3) is 0 Å². The van der Waals surface area contributed by atoms with Gasteiger partial charge in [-0.2, -0.15) is 0 Å². The summed E-state index contributed by atoms with van der Waals surface area (Å²) < 4.78 is 6.37. The van der Waals surface area contributed by atoms with Crippen molar-refractivity contribution in [3.05, 3.63) is 33.8 Å². The van der Waals surface area contributed by atoms with Crippen LogP contribution in [0.15, 0.2) is 22.7 Å². The van der Waals surface area contributed by atoms with E-state index in [1.54, 1.807) is 0 Å². The van der Waals surface area contributed by atoms with Gasteiger partial charge in [0.05, 0.1) is 6.61 Å². The van der Waals surface area contributed by atoms with E-state index in [0.717, 1.165) is 22.0 Å². The van der Waals surface area contributed by atoms with E-state index in [1.807, 2.05) is 25.1 Å². The van der Waals surface area contributed by atoms with Crippen LogP contribution in [0.3, 0.4) is 0 Å². The van der Waals surface area contributed by atoms with Gasteiger partial charge in [0, 0.05) is 11.1 Å². The van der Waals surface area contributed by atoms with Gasteiger partial charge >= 0.3 is 0 Å². The van der Waals surface area contributed by atoms with Crippen LogP contribution in [0, 0.1) is 6.92 Å². The molecular weight excluding hydrogens is 256 g/mol. The van der Waals surface area contributed by atoms with Gasteiger partial charge in [0.2, 0.25) is 0 Å². The molecule has 0 amide bonds. The van der Waals surface area contributed by atoms with Crippen LogP contribution < -0.4 is 0 Å². The molecule has 15 heavy (non-hydrogen) atoms. The van der Waals surface area contributed by atoms with Gasteiger partial charge in [-0.25, -0.2) is 0 Å². The van der Waals surface area contributed by atoms with Gasteiger partial charge in [-0.05, 0) is 30.5 Å². The maximum absolute atomic E-state index is 9.82. The summed E-state index contributed by atoms with van der Waals surface area (Å²) in [5, 5.41) is 9.82. The third kappa shape index (κ3) is 3.93. The molecule has 0 fully saturated rings. The monoisotopic (exact) mass is 272 g/mol. The number of aliphatic hydroxyl groups excluding tert-OH is 1. The minimum Gasteiger partial charge on any atom is -0.386 e. The summed E-state index contributed by atoms with van der Waals surface area (Å²) in [6.45, 7) is 5.13. The minimum absolute atomic E-state index is 0.370. The molecule has 2 nitrogen and oxygen atoms in total. The van der Waals surface area contributed by atoms with E-state index in [4.69, 9.17) is 4.74 Å². The lowest BCUT2D eigenvalue weighted by atomic mass is 10.1. The highest BCUT2D eigenvalue weighted by Gasteiger charge is 2.08. The predicted molar refractivity (Wildman–Crippen MR) is 64.9 cm³/mol. The van der Waals surface area contributed by atoms with Crippen LogP contribution in [0.2, 0.25) is 0 Å². The van der Waals surface area contributed by atoms with Gasteiger partial charge in [-0.3, -0.25) is 0 Å². The van der Waals surface area contributed by atoms with Gasteiger partial charge in [0.15, 0.2) is 0 Å². The molecule has 3 heteroatoms. The zero-order valence-electron chi connectivity index (χ0n) is 9.16.